The minimum Gasteiger partial charge on any atom is -0.411 e. The lowest BCUT2D eigenvalue weighted by atomic mass is 10.2. The Bertz CT molecular complexity index is 436. The van der Waals surface area contributed by atoms with Crippen LogP contribution in [0.1, 0.15) is 5.56 Å². The Hall–Kier alpha value is -1.56. The summed E-state index contributed by atoms with van der Waals surface area (Å²) in [6, 6.07) is 2.35. The van der Waals surface area contributed by atoms with Crippen molar-refractivity contribution >= 4 is 17.8 Å². The average Bonchev–Trinajstić information content (AvgIpc) is 2.39. The average molecular weight is 236 g/mol. The number of fused-ring (bicyclic) bond motifs is 1. The second-order valence-electron chi connectivity index (χ2n) is 2.73. The summed E-state index contributed by atoms with van der Waals surface area (Å²) in [6.45, 7) is 0. The van der Waals surface area contributed by atoms with Crippen LogP contribution < -0.4 is 9.47 Å². The van der Waals surface area contributed by atoms with E-state index in [2.05, 4.69) is 14.6 Å². The lowest BCUT2D eigenvalue weighted by Crippen LogP contribution is -2.25. The lowest BCUT2D eigenvalue weighted by Gasteiger charge is -2.04. The van der Waals surface area contributed by atoms with Crippen LogP contribution >= 0.6 is 11.6 Å². The molecule has 1 N–H and O–H groups in total. The van der Waals surface area contributed by atoms with E-state index in [1.165, 1.54) is 6.07 Å². The Morgan fingerprint density at radius 1 is 1.33 bits per heavy atom. The van der Waals surface area contributed by atoms with Crippen molar-refractivity contribution in [3.05, 3.63) is 22.7 Å². The molecule has 1 heterocycles. The minimum atomic E-state index is -3.68. The molecule has 0 unspecified atom stereocenters. The highest BCUT2D eigenvalue weighted by Gasteiger charge is 2.43. The highest BCUT2D eigenvalue weighted by atomic mass is 35.5. The standard InChI is InChI=1S/C8H4ClF2NO3/c9-5-2-7-6(1-4(5)3-12-13)14-8(10,11)15-7/h1-3,13H. The van der Waals surface area contributed by atoms with Crippen molar-refractivity contribution in [1.82, 2.24) is 0 Å². The quantitative estimate of drug-likeness (QED) is 0.462. The molecular formula is C8H4ClF2NO3. The normalized spacial score (nSPS) is 17.3. The molecule has 0 spiro atoms. The van der Waals surface area contributed by atoms with Gasteiger partial charge in [-0.25, -0.2) is 0 Å². The molecule has 1 aliphatic heterocycles. The Kier molecular flexibility index (Phi) is 2.15. The SMILES string of the molecule is ON=Cc1cc2c(cc1Cl)OC(F)(F)O2. The van der Waals surface area contributed by atoms with Crippen molar-refractivity contribution in [2.24, 2.45) is 5.16 Å². The van der Waals surface area contributed by atoms with E-state index in [1.54, 1.807) is 0 Å². The summed E-state index contributed by atoms with van der Waals surface area (Å²) in [7, 11) is 0. The van der Waals surface area contributed by atoms with Gasteiger partial charge in [0.2, 0.25) is 0 Å². The van der Waals surface area contributed by atoms with Crippen molar-refractivity contribution < 1.29 is 23.5 Å². The zero-order chi connectivity index (χ0) is 11.1. The molecule has 0 atom stereocenters. The first-order chi connectivity index (χ1) is 7.02. The van der Waals surface area contributed by atoms with E-state index < -0.39 is 6.29 Å². The van der Waals surface area contributed by atoms with E-state index in [4.69, 9.17) is 16.8 Å². The summed E-state index contributed by atoms with van der Waals surface area (Å²) < 4.78 is 33.6. The molecular weight excluding hydrogens is 232 g/mol. The number of oxime groups is 1. The van der Waals surface area contributed by atoms with E-state index >= 15 is 0 Å². The lowest BCUT2D eigenvalue weighted by molar-refractivity contribution is -0.286. The Labute approximate surface area is 87.7 Å². The molecule has 0 radical (unpaired) electrons. The van der Waals surface area contributed by atoms with Crippen LogP contribution in [-0.4, -0.2) is 17.7 Å². The largest absolute Gasteiger partial charge is 0.586 e. The predicted octanol–water partition coefficient (Wildman–Crippen LogP) is 2.47. The molecule has 1 aromatic carbocycles. The molecule has 4 nitrogen and oxygen atoms in total. The van der Waals surface area contributed by atoms with Crippen LogP contribution in [0.4, 0.5) is 8.78 Å². The van der Waals surface area contributed by atoms with Gasteiger partial charge in [0.05, 0.1) is 11.2 Å². The third-order valence-corrected chi connectivity index (χ3v) is 2.04. The van der Waals surface area contributed by atoms with Crippen LogP contribution in [0.2, 0.25) is 5.02 Å². The fourth-order valence-corrected chi connectivity index (χ4v) is 1.35. The van der Waals surface area contributed by atoms with Crippen molar-refractivity contribution in [2.75, 3.05) is 0 Å². The van der Waals surface area contributed by atoms with Gasteiger partial charge in [-0.3, -0.25) is 0 Å². The van der Waals surface area contributed by atoms with Gasteiger partial charge >= 0.3 is 6.29 Å². The first kappa shape index (κ1) is 9.97. The van der Waals surface area contributed by atoms with Crippen LogP contribution in [0.15, 0.2) is 17.3 Å². The Balaban J connectivity index is 2.45. The maximum Gasteiger partial charge on any atom is 0.586 e. The summed E-state index contributed by atoms with van der Waals surface area (Å²) in [5.41, 5.74) is 0.249. The number of hydrogen-bond acceptors (Lipinski definition) is 4. The molecule has 15 heavy (non-hydrogen) atoms. The van der Waals surface area contributed by atoms with Gasteiger partial charge in [-0.1, -0.05) is 16.8 Å². The van der Waals surface area contributed by atoms with Gasteiger partial charge in [-0.2, -0.15) is 0 Å². The fraction of sp³-hybridized carbons (Fsp3) is 0.125. The summed E-state index contributed by atoms with van der Waals surface area (Å²) in [5, 5.41) is 11.1. The third kappa shape index (κ3) is 1.80. The smallest absolute Gasteiger partial charge is 0.411 e. The van der Waals surface area contributed by atoms with Gasteiger partial charge in [0.15, 0.2) is 11.5 Å². The van der Waals surface area contributed by atoms with Gasteiger partial charge < -0.3 is 14.7 Å². The maximum atomic E-state index is 12.6. The number of hydrogen-bond donors (Lipinski definition) is 1. The van der Waals surface area contributed by atoms with E-state index in [-0.39, 0.29) is 22.1 Å². The van der Waals surface area contributed by atoms with Crippen LogP contribution in [0, 0.1) is 0 Å². The number of rotatable bonds is 1. The summed E-state index contributed by atoms with van der Waals surface area (Å²) >= 11 is 5.70. The number of benzene rings is 1. The van der Waals surface area contributed by atoms with Crippen molar-refractivity contribution in [2.45, 2.75) is 6.29 Å². The monoisotopic (exact) mass is 235 g/mol. The number of nitrogens with zero attached hydrogens (tertiary/aromatic N) is 1. The second-order valence-corrected chi connectivity index (χ2v) is 3.14. The van der Waals surface area contributed by atoms with Crippen LogP contribution in [0.5, 0.6) is 11.5 Å². The Morgan fingerprint density at radius 2 is 1.93 bits per heavy atom. The maximum absolute atomic E-state index is 12.6. The Morgan fingerprint density at radius 3 is 2.53 bits per heavy atom. The van der Waals surface area contributed by atoms with E-state index in [9.17, 15) is 8.78 Å². The number of halogens is 3. The van der Waals surface area contributed by atoms with Gasteiger partial charge in [0, 0.05) is 11.6 Å². The van der Waals surface area contributed by atoms with Gasteiger partial charge in [-0.05, 0) is 6.07 Å². The summed E-state index contributed by atoms with van der Waals surface area (Å²) in [6.07, 6.45) is -2.68. The van der Waals surface area contributed by atoms with Crippen LogP contribution in [0.3, 0.4) is 0 Å². The van der Waals surface area contributed by atoms with Crippen LogP contribution in [-0.2, 0) is 0 Å². The van der Waals surface area contributed by atoms with Gasteiger partial charge in [0.25, 0.3) is 0 Å². The molecule has 0 aromatic heterocycles. The molecule has 2 rings (SSSR count). The van der Waals surface area contributed by atoms with E-state index in [1.807, 2.05) is 0 Å². The molecule has 7 heteroatoms. The molecule has 0 fully saturated rings. The van der Waals surface area contributed by atoms with Crippen LogP contribution in [0.25, 0.3) is 0 Å². The predicted molar refractivity (Wildman–Crippen MR) is 47.0 cm³/mol. The topological polar surface area (TPSA) is 51.1 Å². The highest BCUT2D eigenvalue weighted by Crippen LogP contribution is 2.43. The van der Waals surface area contributed by atoms with Gasteiger partial charge in [-0.15, -0.1) is 8.78 Å². The third-order valence-electron chi connectivity index (χ3n) is 1.72. The molecule has 0 saturated heterocycles. The highest BCUT2D eigenvalue weighted by molar-refractivity contribution is 6.33. The van der Waals surface area contributed by atoms with Crippen molar-refractivity contribution in [3.8, 4) is 11.5 Å². The molecule has 80 valence electrons. The zero-order valence-electron chi connectivity index (χ0n) is 7.08. The molecule has 1 aliphatic rings. The van der Waals surface area contributed by atoms with Crippen molar-refractivity contribution in [1.29, 1.82) is 0 Å². The molecule has 0 amide bonds. The number of alkyl halides is 2. The zero-order valence-corrected chi connectivity index (χ0v) is 7.83. The van der Waals surface area contributed by atoms with Crippen molar-refractivity contribution in [3.63, 3.8) is 0 Å². The number of ether oxygens (including phenoxy) is 2. The molecule has 0 aliphatic carbocycles. The summed E-state index contributed by atoms with van der Waals surface area (Å²) in [4.78, 5) is 0. The van der Waals surface area contributed by atoms with E-state index in [0.29, 0.717) is 0 Å². The molecule has 1 aromatic rings. The second kappa shape index (κ2) is 3.23. The first-order valence-corrected chi connectivity index (χ1v) is 4.16. The fourth-order valence-electron chi connectivity index (χ4n) is 1.15. The van der Waals surface area contributed by atoms with Gasteiger partial charge in [0.1, 0.15) is 0 Å². The van der Waals surface area contributed by atoms with E-state index in [0.717, 1.165) is 12.3 Å². The summed E-state index contributed by atoms with van der Waals surface area (Å²) in [5.74, 6) is -0.306. The molecule has 0 bridgehead atoms. The first-order valence-electron chi connectivity index (χ1n) is 3.79. The minimum absolute atomic E-state index is 0.118. The molecule has 0 saturated carbocycles.